The second kappa shape index (κ2) is 6.92. The Morgan fingerprint density at radius 1 is 1.11 bits per heavy atom. The number of aromatic nitrogens is 4. The minimum absolute atomic E-state index is 0.0620. The van der Waals surface area contributed by atoms with Crippen LogP contribution in [0, 0.1) is 14.9 Å². The van der Waals surface area contributed by atoms with E-state index in [1.165, 1.54) is 16.6 Å². The molecule has 2 aromatic heterocycles. The highest BCUT2D eigenvalue weighted by atomic mass is 32.1. The van der Waals surface area contributed by atoms with Gasteiger partial charge in [-0.15, -0.1) is 5.10 Å². The van der Waals surface area contributed by atoms with Crippen LogP contribution >= 0.6 is 12.2 Å². The van der Waals surface area contributed by atoms with Crippen LogP contribution in [0.25, 0.3) is 17.3 Å². The number of nitro benzene ring substituents is 1. The van der Waals surface area contributed by atoms with Gasteiger partial charge in [-0.25, -0.2) is 0 Å². The van der Waals surface area contributed by atoms with E-state index in [1.807, 2.05) is 30.3 Å². The lowest BCUT2D eigenvalue weighted by Gasteiger charge is -2.06. The van der Waals surface area contributed by atoms with Crippen molar-refractivity contribution in [3.8, 4) is 17.2 Å². The molecule has 0 radical (unpaired) electrons. The number of benzene rings is 2. The van der Waals surface area contributed by atoms with Gasteiger partial charge < -0.3 is 9.15 Å². The Labute approximate surface area is 157 Å². The molecule has 0 N–H and O–H groups in total. The van der Waals surface area contributed by atoms with Crippen molar-refractivity contribution in [3.63, 3.8) is 0 Å². The molecule has 27 heavy (non-hydrogen) atoms. The number of nitrogens with zero attached hydrogens (tertiary/aromatic N) is 5. The molecule has 9 nitrogen and oxygen atoms in total. The SMILES string of the molecule is O=[N+]([O-])c1ccccc1OCc1nc(=S)nc2oc(-c3ccccc3)nn12. The van der Waals surface area contributed by atoms with E-state index in [-0.39, 0.29) is 28.7 Å². The Hall–Kier alpha value is -3.66. The van der Waals surface area contributed by atoms with Gasteiger partial charge in [-0.2, -0.15) is 14.5 Å². The van der Waals surface area contributed by atoms with Gasteiger partial charge in [0.1, 0.15) is 6.61 Å². The Morgan fingerprint density at radius 3 is 2.63 bits per heavy atom. The Bertz CT molecular complexity index is 1190. The highest BCUT2D eigenvalue weighted by Crippen LogP contribution is 2.26. The van der Waals surface area contributed by atoms with Crippen molar-refractivity contribution in [2.24, 2.45) is 0 Å². The van der Waals surface area contributed by atoms with Gasteiger partial charge in [-0.1, -0.05) is 30.3 Å². The van der Waals surface area contributed by atoms with Crippen LogP contribution in [-0.4, -0.2) is 24.5 Å². The molecule has 0 fully saturated rings. The first-order valence-electron chi connectivity index (χ1n) is 7.80. The van der Waals surface area contributed by atoms with Gasteiger partial charge in [0.2, 0.25) is 10.7 Å². The van der Waals surface area contributed by atoms with Crippen molar-refractivity contribution in [2.45, 2.75) is 6.61 Å². The molecule has 0 saturated heterocycles. The predicted octanol–water partition coefficient (Wildman–Crippen LogP) is 3.60. The maximum Gasteiger partial charge on any atom is 0.329 e. The molecule has 0 bridgehead atoms. The summed E-state index contributed by atoms with van der Waals surface area (Å²) >= 11 is 5.06. The van der Waals surface area contributed by atoms with Gasteiger partial charge in [0.25, 0.3) is 0 Å². The minimum atomic E-state index is -0.514. The quantitative estimate of drug-likeness (QED) is 0.293. The fourth-order valence-electron chi connectivity index (χ4n) is 2.45. The molecule has 4 aromatic rings. The number of nitro groups is 1. The molecule has 0 aliphatic carbocycles. The number of fused-ring (bicyclic) bond motifs is 1. The first-order valence-corrected chi connectivity index (χ1v) is 8.21. The summed E-state index contributed by atoms with van der Waals surface area (Å²) < 4.78 is 12.7. The van der Waals surface area contributed by atoms with Crippen LogP contribution in [0.1, 0.15) is 5.82 Å². The van der Waals surface area contributed by atoms with Crippen LogP contribution in [0.2, 0.25) is 0 Å². The molecule has 0 amide bonds. The standard InChI is InChI=1S/C17H11N5O4S/c23-22(24)12-8-4-5-9-13(12)25-10-14-18-16(27)19-17-21(14)20-15(26-17)11-6-2-1-3-7-11/h1-9H,10H2. The number of rotatable bonds is 5. The summed E-state index contributed by atoms with van der Waals surface area (Å²) in [6.07, 6.45) is 0. The predicted molar refractivity (Wildman–Crippen MR) is 96.7 cm³/mol. The largest absolute Gasteiger partial charge is 0.479 e. The molecule has 10 heteroatoms. The van der Waals surface area contributed by atoms with Crippen LogP contribution < -0.4 is 4.74 Å². The molecule has 4 rings (SSSR count). The van der Waals surface area contributed by atoms with Crippen LogP contribution in [0.5, 0.6) is 5.75 Å². The maximum absolute atomic E-state index is 11.1. The van der Waals surface area contributed by atoms with E-state index < -0.39 is 4.92 Å². The number of ether oxygens (including phenoxy) is 1. The zero-order valence-corrected chi connectivity index (χ0v) is 14.5. The summed E-state index contributed by atoms with van der Waals surface area (Å²) in [5.41, 5.74) is 0.621. The summed E-state index contributed by atoms with van der Waals surface area (Å²) in [6, 6.07) is 15.4. The van der Waals surface area contributed by atoms with Crippen molar-refractivity contribution in [2.75, 3.05) is 0 Å². The monoisotopic (exact) mass is 381 g/mol. The summed E-state index contributed by atoms with van der Waals surface area (Å²) in [4.78, 5) is 18.8. The molecule has 0 atom stereocenters. The summed E-state index contributed by atoms with van der Waals surface area (Å²) in [7, 11) is 0. The maximum atomic E-state index is 11.1. The highest BCUT2D eigenvalue weighted by Gasteiger charge is 2.17. The zero-order chi connectivity index (χ0) is 18.8. The molecular weight excluding hydrogens is 370 g/mol. The van der Waals surface area contributed by atoms with E-state index in [4.69, 9.17) is 21.4 Å². The lowest BCUT2D eigenvalue weighted by Crippen LogP contribution is -2.09. The summed E-state index contributed by atoms with van der Waals surface area (Å²) in [5, 5.41) is 15.5. The van der Waals surface area contributed by atoms with Crippen LogP contribution in [0.4, 0.5) is 5.69 Å². The van der Waals surface area contributed by atoms with Crippen molar-refractivity contribution >= 4 is 23.7 Å². The summed E-state index contributed by atoms with van der Waals surface area (Å²) in [5.74, 6) is 0.939. The average molecular weight is 381 g/mol. The highest BCUT2D eigenvalue weighted by molar-refractivity contribution is 7.71. The van der Waals surface area contributed by atoms with E-state index in [1.54, 1.807) is 12.1 Å². The lowest BCUT2D eigenvalue weighted by molar-refractivity contribution is -0.386. The number of hydrogen-bond acceptors (Lipinski definition) is 8. The third-order valence-corrected chi connectivity index (χ3v) is 3.84. The second-order valence-corrected chi connectivity index (χ2v) is 5.77. The van der Waals surface area contributed by atoms with E-state index in [0.29, 0.717) is 11.7 Å². The molecule has 0 spiro atoms. The first-order chi connectivity index (χ1) is 13.1. The Morgan fingerprint density at radius 2 is 1.85 bits per heavy atom. The molecular formula is C17H11N5O4S. The molecule has 134 valence electrons. The van der Waals surface area contributed by atoms with Crippen molar-refractivity contribution in [3.05, 3.63) is 75.3 Å². The van der Waals surface area contributed by atoms with Gasteiger partial charge in [0.15, 0.2) is 11.6 Å². The lowest BCUT2D eigenvalue weighted by atomic mass is 10.2. The first kappa shape index (κ1) is 16.8. The van der Waals surface area contributed by atoms with Gasteiger partial charge in [0.05, 0.1) is 4.92 Å². The van der Waals surface area contributed by atoms with E-state index >= 15 is 0 Å². The minimum Gasteiger partial charge on any atom is -0.479 e. The fraction of sp³-hybridized carbons (Fsp3) is 0.0588. The number of hydrogen-bond donors (Lipinski definition) is 0. The van der Waals surface area contributed by atoms with Crippen molar-refractivity contribution < 1.29 is 14.1 Å². The molecule has 2 aromatic carbocycles. The van der Waals surface area contributed by atoms with Gasteiger partial charge in [-0.05, 0) is 30.4 Å². The number of para-hydroxylation sites is 2. The zero-order valence-electron chi connectivity index (χ0n) is 13.7. The molecule has 0 saturated carbocycles. The van der Waals surface area contributed by atoms with E-state index in [0.717, 1.165) is 5.56 Å². The van der Waals surface area contributed by atoms with Crippen molar-refractivity contribution in [1.29, 1.82) is 0 Å². The average Bonchev–Trinajstić information content (AvgIpc) is 3.11. The van der Waals surface area contributed by atoms with Gasteiger partial charge in [-0.3, -0.25) is 10.1 Å². The Balaban J connectivity index is 1.71. The fourth-order valence-corrected chi connectivity index (χ4v) is 2.63. The normalized spacial score (nSPS) is 10.8. The second-order valence-electron chi connectivity index (χ2n) is 5.40. The smallest absolute Gasteiger partial charge is 0.329 e. The third-order valence-electron chi connectivity index (χ3n) is 3.66. The van der Waals surface area contributed by atoms with Gasteiger partial charge >= 0.3 is 11.5 Å². The van der Waals surface area contributed by atoms with Crippen LogP contribution in [-0.2, 0) is 6.61 Å². The molecule has 0 aliphatic rings. The topological polar surface area (TPSA) is 109 Å². The van der Waals surface area contributed by atoms with E-state index in [9.17, 15) is 10.1 Å². The molecule has 2 heterocycles. The third kappa shape index (κ3) is 3.37. The van der Waals surface area contributed by atoms with Crippen LogP contribution in [0.3, 0.4) is 0 Å². The molecule has 0 aliphatic heterocycles. The van der Waals surface area contributed by atoms with Gasteiger partial charge in [0, 0.05) is 11.6 Å². The van der Waals surface area contributed by atoms with Crippen LogP contribution in [0.15, 0.2) is 59.0 Å². The van der Waals surface area contributed by atoms with Crippen molar-refractivity contribution in [1.82, 2.24) is 19.6 Å². The molecule has 0 unspecified atom stereocenters. The van der Waals surface area contributed by atoms with E-state index in [2.05, 4.69) is 15.1 Å². The summed E-state index contributed by atoms with van der Waals surface area (Å²) in [6.45, 7) is -0.0983. The Kier molecular flexibility index (Phi) is 4.30.